The van der Waals surface area contributed by atoms with Crippen LogP contribution in [0.2, 0.25) is 0 Å². The van der Waals surface area contributed by atoms with Crippen LogP contribution in [0.1, 0.15) is 17.3 Å². The molecule has 0 aliphatic carbocycles. The third-order valence-electron chi connectivity index (χ3n) is 1.43. The molecular weight excluding hydrogens is 159 g/mol. The van der Waals surface area contributed by atoms with Gasteiger partial charge in [0.15, 0.2) is 5.78 Å². The van der Waals surface area contributed by atoms with Crippen LogP contribution in [-0.4, -0.2) is 11.6 Å². The predicted molar refractivity (Wildman–Crippen MR) is 41.4 cm³/mol. The summed E-state index contributed by atoms with van der Waals surface area (Å²) < 4.78 is 12.4. The van der Waals surface area contributed by atoms with Gasteiger partial charge >= 0.3 is 0 Å². The van der Waals surface area contributed by atoms with Gasteiger partial charge in [-0.25, -0.2) is 4.39 Å². The molecule has 0 saturated heterocycles. The highest BCUT2D eigenvalue weighted by Crippen LogP contribution is 2.03. The molecule has 1 aromatic carbocycles. The molecule has 62 valence electrons. The van der Waals surface area contributed by atoms with E-state index in [0.717, 1.165) is 12.1 Å². The van der Waals surface area contributed by atoms with E-state index in [9.17, 15) is 14.0 Å². The van der Waals surface area contributed by atoms with Crippen LogP contribution < -0.4 is 0 Å². The maximum absolute atomic E-state index is 12.4. The number of carbonyl (C=O) groups excluding carboxylic acids is 2. The molecular formula is C9H7FO2. The molecule has 0 aromatic heterocycles. The lowest BCUT2D eigenvalue weighted by molar-refractivity contribution is -0.113. The second kappa shape index (κ2) is 3.26. The van der Waals surface area contributed by atoms with E-state index in [2.05, 4.69) is 0 Å². The lowest BCUT2D eigenvalue weighted by Crippen LogP contribution is -2.09. The minimum absolute atomic E-state index is 0.226. The van der Waals surface area contributed by atoms with Gasteiger partial charge in [-0.2, -0.15) is 0 Å². The molecule has 0 aliphatic rings. The van der Waals surface area contributed by atoms with Crippen molar-refractivity contribution in [3.8, 4) is 0 Å². The van der Waals surface area contributed by atoms with Crippen LogP contribution in [0.25, 0.3) is 0 Å². The van der Waals surface area contributed by atoms with E-state index in [1.54, 1.807) is 0 Å². The maximum atomic E-state index is 12.4. The summed E-state index contributed by atoms with van der Waals surface area (Å²) in [4.78, 5) is 21.6. The van der Waals surface area contributed by atoms with Crippen molar-refractivity contribution in [1.82, 2.24) is 0 Å². The van der Waals surface area contributed by atoms with Crippen molar-refractivity contribution < 1.29 is 14.0 Å². The quantitative estimate of drug-likeness (QED) is 0.494. The fourth-order valence-electron chi connectivity index (χ4n) is 0.805. The first-order valence-electron chi connectivity index (χ1n) is 3.42. The minimum atomic E-state index is -0.588. The first kappa shape index (κ1) is 8.59. The summed E-state index contributed by atoms with van der Waals surface area (Å²) >= 11 is 0. The SMILES string of the molecule is CC(=O)C(=O)c1ccc(F)cc1. The van der Waals surface area contributed by atoms with Crippen LogP contribution in [0.5, 0.6) is 0 Å². The Labute approximate surface area is 69.0 Å². The molecule has 12 heavy (non-hydrogen) atoms. The smallest absolute Gasteiger partial charge is 0.228 e. The lowest BCUT2D eigenvalue weighted by atomic mass is 10.1. The van der Waals surface area contributed by atoms with Crippen molar-refractivity contribution in [3.63, 3.8) is 0 Å². The van der Waals surface area contributed by atoms with Gasteiger partial charge in [0.1, 0.15) is 5.82 Å². The fourth-order valence-corrected chi connectivity index (χ4v) is 0.805. The first-order valence-corrected chi connectivity index (χ1v) is 3.42. The van der Waals surface area contributed by atoms with Crippen molar-refractivity contribution in [2.24, 2.45) is 0 Å². The van der Waals surface area contributed by atoms with Gasteiger partial charge in [-0.05, 0) is 24.3 Å². The molecule has 1 rings (SSSR count). The predicted octanol–water partition coefficient (Wildman–Crippen LogP) is 1.60. The number of halogens is 1. The van der Waals surface area contributed by atoms with E-state index in [0.29, 0.717) is 0 Å². The maximum Gasteiger partial charge on any atom is 0.228 e. The molecule has 0 heterocycles. The van der Waals surface area contributed by atoms with Crippen molar-refractivity contribution in [2.75, 3.05) is 0 Å². The summed E-state index contributed by atoms with van der Waals surface area (Å²) in [6.07, 6.45) is 0. The Morgan fingerprint density at radius 3 is 2.08 bits per heavy atom. The Balaban J connectivity index is 2.98. The number of Topliss-reactive ketones (excluding diaryl/α,β-unsaturated/α-hetero) is 2. The molecule has 0 radical (unpaired) electrons. The van der Waals surface area contributed by atoms with Gasteiger partial charge in [-0.1, -0.05) is 0 Å². The molecule has 3 heteroatoms. The third kappa shape index (κ3) is 1.75. The van der Waals surface area contributed by atoms with Crippen LogP contribution in [0.15, 0.2) is 24.3 Å². The zero-order valence-electron chi connectivity index (χ0n) is 6.50. The Hall–Kier alpha value is -1.51. The number of hydrogen-bond donors (Lipinski definition) is 0. The van der Waals surface area contributed by atoms with E-state index in [-0.39, 0.29) is 5.56 Å². The Morgan fingerprint density at radius 1 is 1.17 bits per heavy atom. The molecule has 0 bridgehead atoms. The van der Waals surface area contributed by atoms with Crippen molar-refractivity contribution in [3.05, 3.63) is 35.6 Å². The zero-order valence-corrected chi connectivity index (χ0v) is 6.50. The molecule has 0 spiro atoms. The number of ketones is 2. The first-order chi connectivity index (χ1) is 5.61. The van der Waals surface area contributed by atoms with Crippen molar-refractivity contribution in [1.29, 1.82) is 0 Å². The molecule has 0 unspecified atom stereocenters. The number of hydrogen-bond acceptors (Lipinski definition) is 2. The average molecular weight is 166 g/mol. The van der Waals surface area contributed by atoms with Crippen LogP contribution in [0.3, 0.4) is 0 Å². The normalized spacial score (nSPS) is 9.50. The van der Waals surface area contributed by atoms with Crippen LogP contribution >= 0.6 is 0 Å². The zero-order chi connectivity index (χ0) is 9.14. The second-order valence-electron chi connectivity index (χ2n) is 2.39. The van der Waals surface area contributed by atoms with Gasteiger partial charge in [0.05, 0.1) is 0 Å². The van der Waals surface area contributed by atoms with Crippen molar-refractivity contribution in [2.45, 2.75) is 6.92 Å². The Kier molecular flexibility index (Phi) is 2.33. The minimum Gasteiger partial charge on any atom is -0.291 e. The molecule has 0 aliphatic heterocycles. The highest BCUT2D eigenvalue weighted by atomic mass is 19.1. The summed E-state index contributed by atoms with van der Waals surface area (Å²) in [5, 5.41) is 0. The average Bonchev–Trinajstić information content (AvgIpc) is 2.04. The molecule has 2 nitrogen and oxygen atoms in total. The highest BCUT2D eigenvalue weighted by Gasteiger charge is 2.09. The molecule has 0 atom stereocenters. The summed E-state index contributed by atoms with van der Waals surface area (Å²) in [6.45, 7) is 1.19. The van der Waals surface area contributed by atoms with E-state index in [4.69, 9.17) is 0 Å². The van der Waals surface area contributed by atoms with Gasteiger partial charge < -0.3 is 0 Å². The van der Waals surface area contributed by atoms with Gasteiger partial charge in [-0.3, -0.25) is 9.59 Å². The third-order valence-corrected chi connectivity index (χ3v) is 1.43. The van der Waals surface area contributed by atoms with Crippen LogP contribution in [0, 0.1) is 5.82 Å². The summed E-state index contributed by atoms with van der Waals surface area (Å²) in [5.74, 6) is -1.55. The lowest BCUT2D eigenvalue weighted by Gasteiger charge is -1.94. The molecule has 0 N–H and O–H groups in total. The number of benzene rings is 1. The fraction of sp³-hybridized carbons (Fsp3) is 0.111. The topological polar surface area (TPSA) is 34.1 Å². The number of carbonyl (C=O) groups is 2. The molecule has 0 saturated carbocycles. The van der Waals surface area contributed by atoms with E-state index in [1.807, 2.05) is 0 Å². The Morgan fingerprint density at radius 2 is 1.67 bits per heavy atom. The van der Waals surface area contributed by atoms with Crippen LogP contribution in [-0.2, 0) is 4.79 Å². The molecule has 1 aromatic rings. The monoisotopic (exact) mass is 166 g/mol. The van der Waals surface area contributed by atoms with E-state index < -0.39 is 17.4 Å². The van der Waals surface area contributed by atoms with E-state index >= 15 is 0 Å². The van der Waals surface area contributed by atoms with Gasteiger partial charge in [0, 0.05) is 12.5 Å². The summed E-state index contributed by atoms with van der Waals surface area (Å²) in [5.41, 5.74) is 0.226. The number of rotatable bonds is 2. The van der Waals surface area contributed by atoms with Gasteiger partial charge in [-0.15, -0.1) is 0 Å². The van der Waals surface area contributed by atoms with Gasteiger partial charge in [0.2, 0.25) is 5.78 Å². The van der Waals surface area contributed by atoms with Crippen molar-refractivity contribution >= 4 is 11.6 Å². The van der Waals surface area contributed by atoms with E-state index in [1.165, 1.54) is 19.1 Å². The highest BCUT2D eigenvalue weighted by molar-refractivity contribution is 6.42. The largest absolute Gasteiger partial charge is 0.291 e. The second-order valence-corrected chi connectivity index (χ2v) is 2.39. The van der Waals surface area contributed by atoms with Crippen LogP contribution in [0.4, 0.5) is 4.39 Å². The Bertz CT molecular complexity index is 314. The summed E-state index contributed by atoms with van der Waals surface area (Å²) in [6, 6.07) is 4.88. The molecule has 0 amide bonds. The van der Waals surface area contributed by atoms with Gasteiger partial charge in [0.25, 0.3) is 0 Å². The summed E-state index contributed by atoms with van der Waals surface area (Å²) in [7, 11) is 0. The standard InChI is InChI=1S/C9H7FO2/c1-6(11)9(12)7-2-4-8(10)5-3-7/h2-5H,1H3. The molecule has 0 fully saturated rings.